The van der Waals surface area contributed by atoms with E-state index < -0.39 is 12.1 Å². The third-order valence-corrected chi connectivity index (χ3v) is 5.10. The van der Waals surface area contributed by atoms with E-state index in [-0.39, 0.29) is 5.56 Å². The fourth-order valence-corrected chi connectivity index (χ4v) is 3.62. The average molecular weight is 370 g/mol. The summed E-state index contributed by atoms with van der Waals surface area (Å²) in [6.45, 7) is 4.68. The van der Waals surface area contributed by atoms with Gasteiger partial charge in [0.2, 0.25) is 0 Å². The fourth-order valence-electron chi connectivity index (χ4n) is 2.54. The van der Waals surface area contributed by atoms with Gasteiger partial charge in [0.05, 0.1) is 12.2 Å². The number of aromatic carboxylic acids is 1. The van der Waals surface area contributed by atoms with Crippen LogP contribution >= 0.6 is 11.3 Å². The highest BCUT2D eigenvalue weighted by Crippen LogP contribution is 2.29. The summed E-state index contributed by atoms with van der Waals surface area (Å²) in [4.78, 5) is 24.2. The Morgan fingerprint density at radius 2 is 1.68 bits per heavy atom. The Bertz CT molecular complexity index is 527. The first kappa shape index (κ1) is 21.5. The highest BCUT2D eigenvalue weighted by molar-refractivity contribution is 7.16. The van der Waals surface area contributed by atoms with Gasteiger partial charge in [0.15, 0.2) is 0 Å². The lowest BCUT2D eigenvalue weighted by atomic mass is 10.1. The Morgan fingerprint density at radius 1 is 1.04 bits per heavy atom. The quantitative estimate of drug-likeness (QED) is 0.413. The van der Waals surface area contributed by atoms with Crippen LogP contribution in [0, 0.1) is 0 Å². The van der Waals surface area contributed by atoms with Gasteiger partial charge in [-0.1, -0.05) is 58.8 Å². The zero-order valence-electron chi connectivity index (χ0n) is 15.4. The summed E-state index contributed by atoms with van der Waals surface area (Å²) in [6.07, 6.45) is 10.3. The molecule has 0 saturated heterocycles. The first-order valence-electron chi connectivity index (χ1n) is 9.38. The van der Waals surface area contributed by atoms with E-state index in [1.807, 2.05) is 0 Å². The van der Waals surface area contributed by atoms with Crippen LogP contribution in [0.3, 0.4) is 0 Å². The number of nitrogens with one attached hydrogen (secondary N) is 1. The number of carboxylic acids is 1. The number of carbonyl (C=O) groups excluding carboxylic acids is 1. The minimum atomic E-state index is -1.02. The van der Waals surface area contributed by atoms with Crippen LogP contribution in [-0.4, -0.2) is 23.8 Å². The van der Waals surface area contributed by atoms with Gasteiger partial charge in [-0.3, -0.25) is 5.32 Å². The number of hydrogen-bond acceptors (Lipinski definition) is 4. The lowest BCUT2D eigenvalue weighted by Gasteiger charge is -2.06. The van der Waals surface area contributed by atoms with Gasteiger partial charge in [-0.05, 0) is 25.3 Å². The van der Waals surface area contributed by atoms with E-state index in [4.69, 9.17) is 4.74 Å². The van der Waals surface area contributed by atoms with Crippen molar-refractivity contribution >= 4 is 28.4 Å². The van der Waals surface area contributed by atoms with Gasteiger partial charge < -0.3 is 9.84 Å². The molecule has 0 aliphatic heterocycles. The Kier molecular flexibility index (Phi) is 11.0. The molecule has 0 atom stereocenters. The zero-order valence-corrected chi connectivity index (χ0v) is 16.3. The number of thiophene rings is 1. The molecule has 0 fully saturated rings. The molecule has 0 unspecified atom stereocenters. The molecule has 1 heterocycles. The first-order chi connectivity index (χ1) is 12.1. The third-order valence-electron chi connectivity index (χ3n) is 3.99. The van der Waals surface area contributed by atoms with Crippen molar-refractivity contribution in [3.05, 3.63) is 16.5 Å². The maximum Gasteiger partial charge on any atom is 0.412 e. The highest BCUT2D eigenvalue weighted by atomic mass is 32.1. The number of unbranched alkanes of at least 4 members (excludes halogenated alkanes) is 7. The number of anilines is 1. The van der Waals surface area contributed by atoms with Crippen molar-refractivity contribution in [3.63, 3.8) is 0 Å². The maximum absolute atomic E-state index is 11.9. The van der Waals surface area contributed by atoms with E-state index in [2.05, 4.69) is 19.2 Å². The lowest BCUT2D eigenvalue weighted by Crippen LogP contribution is -2.15. The summed E-state index contributed by atoms with van der Waals surface area (Å²) in [5.41, 5.74) is 0.146. The Hall–Kier alpha value is -1.56. The summed E-state index contributed by atoms with van der Waals surface area (Å²) in [5, 5.41) is 12.3. The molecule has 0 bridgehead atoms. The standard InChI is InChI=1S/C19H31NO4S/c1-3-5-7-8-9-11-13-24-19(23)20-17-16(18(21)22)14-15(25-17)12-10-6-4-2/h14H,3-13H2,1-2H3,(H,20,23)(H,21,22). The van der Waals surface area contributed by atoms with Crippen molar-refractivity contribution in [3.8, 4) is 0 Å². The van der Waals surface area contributed by atoms with Crippen molar-refractivity contribution in [2.75, 3.05) is 11.9 Å². The van der Waals surface area contributed by atoms with Crippen molar-refractivity contribution in [2.24, 2.45) is 0 Å². The van der Waals surface area contributed by atoms with Gasteiger partial charge in [0, 0.05) is 4.88 Å². The minimum absolute atomic E-state index is 0.146. The van der Waals surface area contributed by atoms with Crippen LogP contribution in [-0.2, 0) is 11.2 Å². The smallest absolute Gasteiger partial charge is 0.412 e. The number of ether oxygens (including phenoxy) is 1. The van der Waals surface area contributed by atoms with Gasteiger partial charge in [-0.2, -0.15) is 0 Å². The van der Waals surface area contributed by atoms with Crippen molar-refractivity contribution in [2.45, 2.75) is 78.1 Å². The van der Waals surface area contributed by atoms with Crippen LogP contribution in [0.4, 0.5) is 9.80 Å². The monoisotopic (exact) mass is 369 g/mol. The molecule has 6 heteroatoms. The van der Waals surface area contributed by atoms with E-state index in [0.29, 0.717) is 11.6 Å². The second-order valence-corrected chi connectivity index (χ2v) is 7.38. The maximum atomic E-state index is 11.9. The molecule has 1 rings (SSSR count). The van der Waals surface area contributed by atoms with Crippen LogP contribution in [0.1, 0.15) is 86.9 Å². The van der Waals surface area contributed by atoms with Crippen LogP contribution in [0.2, 0.25) is 0 Å². The first-order valence-corrected chi connectivity index (χ1v) is 10.2. The fraction of sp³-hybridized carbons (Fsp3) is 0.684. The lowest BCUT2D eigenvalue weighted by molar-refractivity contribution is 0.0698. The minimum Gasteiger partial charge on any atom is -0.478 e. The average Bonchev–Trinajstić information content (AvgIpc) is 2.97. The molecule has 2 N–H and O–H groups in total. The van der Waals surface area contributed by atoms with E-state index >= 15 is 0 Å². The van der Waals surface area contributed by atoms with E-state index in [0.717, 1.165) is 49.8 Å². The number of rotatable bonds is 13. The van der Waals surface area contributed by atoms with Crippen LogP contribution in [0.5, 0.6) is 0 Å². The molecular formula is C19H31NO4S. The predicted octanol–water partition coefficient (Wildman–Crippen LogP) is 6.09. The molecule has 1 aromatic rings. The van der Waals surface area contributed by atoms with Crippen LogP contribution in [0.25, 0.3) is 0 Å². The molecule has 0 aliphatic carbocycles. The summed E-state index contributed by atoms with van der Waals surface area (Å²) < 4.78 is 5.16. The predicted molar refractivity (Wildman–Crippen MR) is 103 cm³/mol. The molecule has 142 valence electrons. The van der Waals surface area contributed by atoms with E-state index in [1.54, 1.807) is 6.07 Å². The molecule has 0 spiro atoms. The second kappa shape index (κ2) is 12.8. The summed E-state index contributed by atoms with van der Waals surface area (Å²) in [7, 11) is 0. The van der Waals surface area contributed by atoms with Crippen molar-refractivity contribution in [1.82, 2.24) is 0 Å². The molecule has 0 aromatic carbocycles. The number of carboxylic acid groups (broad SMARTS) is 1. The normalized spacial score (nSPS) is 10.6. The highest BCUT2D eigenvalue weighted by Gasteiger charge is 2.17. The van der Waals surface area contributed by atoms with Gasteiger partial charge in [-0.25, -0.2) is 9.59 Å². The van der Waals surface area contributed by atoms with Gasteiger partial charge in [0.25, 0.3) is 0 Å². The molecule has 0 saturated carbocycles. The van der Waals surface area contributed by atoms with Crippen molar-refractivity contribution in [1.29, 1.82) is 0 Å². The Morgan fingerprint density at radius 3 is 2.36 bits per heavy atom. The summed E-state index contributed by atoms with van der Waals surface area (Å²) in [5.74, 6) is -1.02. The van der Waals surface area contributed by atoms with Crippen LogP contribution < -0.4 is 5.32 Å². The van der Waals surface area contributed by atoms with Gasteiger partial charge in [0.1, 0.15) is 5.00 Å². The zero-order chi connectivity index (χ0) is 18.5. The number of hydrogen-bond donors (Lipinski definition) is 2. The van der Waals surface area contributed by atoms with E-state index in [1.165, 1.54) is 30.6 Å². The molecular weight excluding hydrogens is 338 g/mol. The molecule has 1 amide bonds. The molecule has 0 radical (unpaired) electrons. The molecule has 25 heavy (non-hydrogen) atoms. The molecule has 5 nitrogen and oxygen atoms in total. The van der Waals surface area contributed by atoms with Gasteiger partial charge in [-0.15, -0.1) is 11.3 Å². The number of amides is 1. The summed E-state index contributed by atoms with van der Waals surface area (Å²) in [6, 6.07) is 1.66. The third kappa shape index (κ3) is 8.91. The number of carbonyl (C=O) groups is 2. The topological polar surface area (TPSA) is 75.6 Å². The largest absolute Gasteiger partial charge is 0.478 e. The van der Waals surface area contributed by atoms with Crippen LogP contribution in [0.15, 0.2) is 6.07 Å². The number of aryl methyl sites for hydroxylation is 1. The van der Waals surface area contributed by atoms with Gasteiger partial charge >= 0.3 is 12.1 Å². The van der Waals surface area contributed by atoms with Crippen molar-refractivity contribution < 1.29 is 19.4 Å². The summed E-state index contributed by atoms with van der Waals surface area (Å²) >= 11 is 1.33. The molecule has 0 aliphatic rings. The molecule has 1 aromatic heterocycles. The second-order valence-electron chi connectivity index (χ2n) is 6.25. The van der Waals surface area contributed by atoms with E-state index in [9.17, 15) is 14.7 Å². The Balaban J connectivity index is 2.40. The Labute approximate surface area is 154 Å². The SMILES string of the molecule is CCCCCCCCOC(=O)Nc1sc(CCCCC)cc1C(=O)O.